The molecule has 2 saturated heterocycles. The molecule has 0 aromatic heterocycles. The lowest BCUT2D eigenvalue weighted by Crippen LogP contribution is -2.65. The molecule has 4 saturated carbocycles. The summed E-state index contributed by atoms with van der Waals surface area (Å²) in [7, 11) is 9.85. The maximum atomic E-state index is 15.8. The van der Waals surface area contributed by atoms with Gasteiger partial charge in [-0.25, -0.2) is 0 Å². The van der Waals surface area contributed by atoms with Gasteiger partial charge < -0.3 is 60.0 Å². The molecular formula is C74H121Cl2F3N12O12. The molecule has 3 N–H and O–H groups in total. The Kier molecular flexibility index (Phi) is 32.1. The fraction of sp³-hybridized carbons (Fsp3) is 0.838. The zero-order chi connectivity index (χ0) is 76.7. The molecule has 12 amide bonds. The zero-order valence-corrected chi connectivity index (χ0v) is 65.3. The average molecular weight is 1500 g/mol. The summed E-state index contributed by atoms with van der Waals surface area (Å²) in [6.07, 6.45) is 5.07. The van der Waals surface area contributed by atoms with Gasteiger partial charge in [0.1, 0.15) is 47.8 Å². The van der Waals surface area contributed by atoms with E-state index < -0.39 is 185 Å². The van der Waals surface area contributed by atoms with Gasteiger partial charge in [0.15, 0.2) is 0 Å². The lowest BCUT2D eigenvalue weighted by molar-refractivity contribution is -0.182. The Morgan fingerprint density at radius 1 is 0.583 bits per heavy atom. The maximum Gasteiger partial charge on any atom is 0.393 e. The van der Waals surface area contributed by atoms with E-state index in [-0.39, 0.29) is 76.2 Å². The average Bonchev–Trinajstić information content (AvgIpc) is 1.76. The molecular weight excluding hydrogens is 1380 g/mol. The van der Waals surface area contributed by atoms with Crippen LogP contribution < -0.4 is 16.0 Å². The van der Waals surface area contributed by atoms with Crippen LogP contribution in [0, 0.1) is 41.4 Å². The van der Waals surface area contributed by atoms with Crippen molar-refractivity contribution in [3.63, 3.8) is 0 Å². The van der Waals surface area contributed by atoms with Crippen LogP contribution in [0.25, 0.3) is 0 Å². The number of likely N-dealkylation sites (tertiary alicyclic amines) is 1. The summed E-state index contributed by atoms with van der Waals surface area (Å²) >= 11 is 13.6. The molecule has 6 fully saturated rings. The summed E-state index contributed by atoms with van der Waals surface area (Å²) in [5.74, 6) is -11.0. The van der Waals surface area contributed by atoms with Crippen molar-refractivity contribution in [2.75, 3.05) is 88.6 Å². The Labute approximate surface area is 619 Å². The van der Waals surface area contributed by atoms with E-state index >= 15 is 24.0 Å². The third-order valence-corrected chi connectivity index (χ3v) is 24.8. The number of alkyl halides is 5. The van der Waals surface area contributed by atoms with Gasteiger partial charge in [0.2, 0.25) is 70.9 Å². The first-order valence-corrected chi connectivity index (χ1v) is 38.9. The summed E-state index contributed by atoms with van der Waals surface area (Å²) in [5, 5.41) is 7.17. The largest absolute Gasteiger partial charge is 0.393 e. The molecule has 2 aliphatic heterocycles. The SMILES string of the molecule is CC[C@H](C)[C@@H]1NC(=O)[C@H](C)N(C)C(=O)C[C@@H](C(=O)N2CCCCC2)N(C)C(=O)[C@H](C(C)C)N(C)C(=O)C2(CCCC2)NC(=O)[C@H](CC2CCCCC2Cl)N(CC)C(=O)[C@H](CCC2CCC(C(F)(F)F)C(Cl)C2)NC(=O)CN(C)C(=O)[C@H](CC2CCC(C)CC2)N(C)C(=O)CN(C)C(=O)CN(C)C1=O. The van der Waals surface area contributed by atoms with Crippen molar-refractivity contribution in [2.45, 2.75) is 267 Å². The summed E-state index contributed by atoms with van der Waals surface area (Å²) in [5.41, 5.74) is -1.63. The summed E-state index contributed by atoms with van der Waals surface area (Å²) in [6, 6.07) is -9.00. The van der Waals surface area contributed by atoms with Crippen molar-refractivity contribution >= 4 is 94.1 Å². The van der Waals surface area contributed by atoms with Gasteiger partial charge in [-0.05, 0) is 139 Å². The number of nitrogens with one attached hydrogen (secondary N) is 3. The van der Waals surface area contributed by atoms with E-state index in [2.05, 4.69) is 22.9 Å². The van der Waals surface area contributed by atoms with Gasteiger partial charge in [-0.15, -0.1) is 23.2 Å². The molecule has 4 aliphatic carbocycles. The molecule has 24 nitrogen and oxygen atoms in total. The fourth-order valence-corrected chi connectivity index (χ4v) is 17.3. The lowest BCUT2D eigenvalue weighted by atomic mass is 9.78. The van der Waals surface area contributed by atoms with Crippen LogP contribution >= 0.6 is 23.2 Å². The van der Waals surface area contributed by atoms with Crippen LogP contribution in [0.1, 0.15) is 203 Å². The predicted octanol–water partition coefficient (Wildman–Crippen LogP) is 7.19. The number of nitrogens with zero attached hydrogens (tertiary/aromatic N) is 9. The van der Waals surface area contributed by atoms with Crippen molar-refractivity contribution in [3.8, 4) is 0 Å². The highest BCUT2D eigenvalue weighted by atomic mass is 35.5. The van der Waals surface area contributed by atoms with Crippen LogP contribution in [-0.4, -0.2) is 268 Å². The third kappa shape index (κ3) is 22.3. The van der Waals surface area contributed by atoms with Crippen LogP contribution in [-0.2, 0) is 57.5 Å². The molecule has 0 radical (unpaired) electrons. The molecule has 29 heteroatoms. The lowest BCUT2D eigenvalue weighted by Gasteiger charge is -2.42. The summed E-state index contributed by atoms with van der Waals surface area (Å²) < 4.78 is 42.4. The minimum atomic E-state index is -4.53. The first-order chi connectivity index (χ1) is 48.4. The first kappa shape index (κ1) is 85.9. The number of likely N-dealkylation sites (N-methyl/N-ethyl adjacent to an activating group) is 8. The number of rotatable bonds is 12. The minimum absolute atomic E-state index is 0.00191. The first-order valence-electron chi connectivity index (χ1n) is 38.0. The van der Waals surface area contributed by atoms with Crippen molar-refractivity contribution in [2.24, 2.45) is 41.4 Å². The number of carbonyl (C=O) groups is 12. The highest BCUT2D eigenvalue weighted by molar-refractivity contribution is 6.21. The van der Waals surface area contributed by atoms with Crippen LogP contribution in [0.2, 0.25) is 0 Å². The van der Waals surface area contributed by atoms with Gasteiger partial charge in [0, 0.05) is 79.7 Å². The Hall–Kier alpha value is -5.99. The van der Waals surface area contributed by atoms with Crippen LogP contribution in [0.5, 0.6) is 0 Å². The van der Waals surface area contributed by atoms with Crippen molar-refractivity contribution < 1.29 is 70.7 Å². The van der Waals surface area contributed by atoms with Gasteiger partial charge in [-0.3, -0.25) is 57.5 Å². The number of halogens is 5. The molecule has 5 unspecified atom stereocenters. The molecule has 6 aliphatic rings. The van der Waals surface area contributed by atoms with E-state index in [4.69, 9.17) is 23.2 Å². The Bertz CT molecular complexity index is 2970. The van der Waals surface area contributed by atoms with Crippen LogP contribution in [0.4, 0.5) is 13.2 Å². The molecule has 13 atom stereocenters. The predicted molar refractivity (Wildman–Crippen MR) is 386 cm³/mol. The van der Waals surface area contributed by atoms with Gasteiger partial charge in [0.25, 0.3) is 0 Å². The number of piperidine rings is 1. The Balaban J connectivity index is 1.45. The second kappa shape index (κ2) is 38.5. The van der Waals surface area contributed by atoms with E-state index in [1.54, 1.807) is 32.6 Å². The molecule has 584 valence electrons. The summed E-state index contributed by atoms with van der Waals surface area (Å²) in [6.45, 7) is 11.3. The number of carbonyl (C=O) groups excluding carboxylic acids is 12. The van der Waals surface area contributed by atoms with Crippen LogP contribution in [0.3, 0.4) is 0 Å². The standard InChI is InChI=1S/C74H121Cl2F3N12O12/c1-15-47(6)63-70(101)85(10)43-61(94)83(8)44-62(95)87(12)57(39-50-28-26-46(5)27-29-50)68(99)84(9)42-59(92)80-55(33-31-49-30-32-52(54(76)38-49)74(77,78)79)67(98)91(16-2)56(40-51-24-18-19-25-53(51)75)66(97)82-73(34-20-21-35-73)72(103)89(14)64(45(3)4)71(102)88(13)58(69(100)90-36-22-17-23-37-90)41-60(93)86(11)48(7)65(96)81-63/h45-58,63-64H,15-44H2,1-14H3,(H,80,92)(H,81,96)(H,82,97)/t46?,47-,48-,49?,50?,51?,52?,53?,54?,55-,56-,57-,58-,63-,64-/m0/s1. The van der Waals surface area contributed by atoms with E-state index in [1.807, 2.05) is 6.92 Å². The topological polar surface area (TPSA) is 270 Å². The third-order valence-electron chi connectivity index (χ3n) is 23.7. The number of amides is 12. The van der Waals surface area contributed by atoms with Crippen LogP contribution in [0.15, 0.2) is 0 Å². The Morgan fingerprint density at radius 2 is 1.18 bits per heavy atom. The highest BCUT2D eigenvalue weighted by Crippen LogP contribution is 2.44. The van der Waals surface area contributed by atoms with E-state index in [1.165, 1.54) is 75.9 Å². The van der Waals surface area contributed by atoms with E-state index in [0.29, 0.717) is 64.0 Å². The molecule has 0 aromatic carbocycles. The summed E-state index contributed by atoms with van der Waals surface area (Å²) in [4.78, 5) is 191. The molecule has 0 aromatic rings. The number of hydrogen-bond acceptors (Lipinski definition) is 12. The second-order valence-corrected chi connectivity index (χ2v) is 32.6. The number of hydrogen-bond donors (Lipinski definition) is 3. The molecule has 103 heavy (non-hydrogen) atoms. The molecule has 2 heterocycles. The normalized spacial score (nSPS) is 31.6. The zero-order valence-electron chi connectivity index (χ0n) is 63.8. The molecule has 1 spiro atoms. The van der Waals surface area contributed by atoms with Crippen molar-refractivity contribution in [1.82, 2.24) is 60.0 Å². The fourth-order valence-electron chi connectivity index (χ4n) is 16.4. The van der Waals surface area contributed by atoms with Crippen molar-refractivity contribution in [1.29, 1.82) is 0 Å². The smallest absolute Gasteiger partial charge is 0.343 e. The molecule has 0 bridgehead atoms. The van der Waals surface area contributed by atoms with Gasteiger partial charge in [-0.1, -0.05) is 92.4 Å². The maximum absolute atomic E-state index is 15.8. The van der Waals surface area contributed by atoms with Gasteiger partial charge in [0.05, 0.1) is 32.0 Å². The van der Waals surface area contributed by atoms with E-state index in [9.17, 15) is 46.7 Å². The van der Waals surface area contributed by atoms with Crippen molar-refractivity contribution in [3.05, 3.63) is 0 Å². The van der Waals surface area contributed by atoms with Gasteiger partial charge >= 0.3 is 6.18 Å². The minimum Gasteiger partial charge on any atom is -0.343 e. The molecule has 6 rings (SSSR count). The quantitative estimate of drug-likeness (QED) is 0.164. The second-order valence-electron chi connectivity index (χ2n) is 31.5. The monoisotopic (exact) mass is 1500 g/mol. The highest BCUT2D eigenvalue weighted by Gasteiger charge is 2.52. The Morgan fingerprint density at radius 3 is 1.77 bits per heavy atom. The van der Waals surface area contributed by atoms with Gasteiger partial charge in [-0.2, -0.15) is 13.2 Å². The van der Waals surface area contributed by atoms with E-state index in [0.717, 1.165) is 64.5 Å².